The topological polar surface area (TPSA) is 73.4 Å². The fourth-order valence-corrected chi connectivity index (χ4v) is 4.42. The molecule has 1 aliphatic rings. The van der Waals surface area contributed by atoms with E-state index >= 15 is 0 Å². The lowest BCUT2D eigenvalue weighted by Crippen LogP contribution is -2.44. The van der Waals surface area contributed by atoms with Gasteiger partial charge in [-0.15, -0.1) is 0 Å². The number of amides is 1. The number of hydrogen-bond acceptors (Lipinski definition) is 6. The molecule has 0 aliphatic carbocycles. The molecule has 1 amide bonds. The van der Waals surface area contributed by atoms with Crippen molar-refractivity contribution in [3.8, 4) is 11.1 Å². The third-order valence-electron chi connectivity index (χ3n) is 6.44. The average molecular weight is 467 g/mol. The highest BCUT2D eigenvalue weighted by molar-refractivity contribution is 5.91. The molecule has 1 aromatic heterocycles. The second kappa shape index (κ2) is 9.72. The van der Waals surface area contributed by atoms with Crippen molar-refractivity contribution in [2.45, 2.75) is 13.8 Å². The Labute approximate surface area is 205 Å². The maximum absolute atomic E-state index is 11.4. The lowest BCUT2D eigenvalue weighted by atomic mass is 9.98. The second-order valence-electron chi connectivity index (χ2n) is 9.14. The molecule has 5 rings (SSSR count). The number of rotatable bonds is 5. The average Bonchev–Trinajstić information content (AvgIpc) is 2.86. The smallest absolute Gasteiger partial charge is 0.227 e. The van der Waals surface area contributed by atoms with Gasteiger partial charge in [-0.05, 0) is 79.2 Å². The highest BCUT2D eigenvalue weighted by atomic mass is 16.1. The summed E-state index contributed by atoms with van der Waals surface area (Å²) in [6.45, 7) is 7.86. The van der Waals surface area contributed by atoms with Crippen molar-refractivity contribution in [1.29, 1.82) is 0 Å². The van der Waals surface area contributed by atoms with Crippen molar-refractivity contribution in [2.24, 2.45) is 0 Å². The number of likely N-dealkylation sites (N-methyl/N-ethyl adjacent to an activating group) is 1. The fourth-order valence-electron chi connectivity index (χ4n) is 4.42. The SMILES string of the molecule is CC(=O)Nc1ccc(C)c(-c2ccc3nc(Nc4ccc(N5CCN(C)CC5)cc4)ncc3c2)c1. The molecular formula is C28H30N6O. The number of aromatic nitrogens is 2. The van der Waals surface area contributed by atoms with E-state index in [-0.39, 0.29) is 5.91 Å². The van der Waals surface area contributed by atoms with Crippen LogP contribution in [-0.4, -0.2) is 54.0 Å². The molecule has 178 valence electrons. The number of carbonyl (C=O) groups is 1. The standard InChI is InChI=1S/C28H30N6O/c1-19-4-6-24(30-20(2)35)17-26(19)21-5-11-27-22(16-21)18-29-28(32-27)31-23-7-9-25(10-8-23)34-14-12-33(3)13-15-34/h4-11,16-18H,12-15H2,1-3H3,(H,30,35)(H,29,31,32). The molecule has 2 heterocycles. The third-order valence-corrected chi connectivity index (χ3v) is 6.44. The van der Waals surface area contributed by atoms with Gasteiger partial charge in [0, 0.05) is 61.7 Å². The minimum Gasteiger partial charge on any atom is -0.369 e. The van der Waals surface area contributed by atoms with Gasteiger partial charge in [-0.2, -0.15) is 0 Å². The minimum absolute atomic E-state index is 0.0827. The predicted octanol–water partition coefficient (Wildman–Crippen LogP) is 5.06. The van der Waals surface area contributed by atoms with Crippen LogP contribution in [0.2, 0.25) is 0 Å². The molecule has 1 saturated heterocycles. The molecule has 4 aromatic rings. The molecule has 2 N–H and O–H groups in total. The first-order valence-electron chi connectivity index (χ1n) is 11.9. The van der Waals surface area contributed by atoms with Crippen molar-refractivity contribution < 1.29 is 4.79 Å². The van der Waals surface area contributed by atoms with Crippen LogP contribution in [-0.2, 0) is 4.79 Å². The van der Waals surface area contributed by atoms with Gasteiger partial charge in [0.15, 0.2) is 0 Å². The molecular weight excluding hydrogens is 436 g/mol. The number of nitrogens with one attached hydrogen (secondary N) is 2. The largest absolute Gasteiger partial charge is 0.369 e. The van der Waals surface area contributed by atoms with Crippen LogP contribution in [0.5, 0.6) is 0 Å². The number of aryl methyl sites for hydroxylation is 1. The lowest BCUT2D eigenvalue weighted by molar-refractivity contribution is -0.114. The molecule has 1 aliphatic heterocycles. The summed E-state index contributed by atoms with van der Waals surface area (Å²) in [4.78, 5) is 25.5. The zero-order valence-corrected chi connectivity index (χ0v) is 20.4. The third kappa shape index (κ3) is 5.25. The number of piperazine rings is 1. The number of anilines is 4. The Bertz CT molecular complexity index is 1360. The van der Waals surface area contributed by atoms with Crippen LogP contribution in [0.3, 0.4) is 0 Å². The van der Waals surface area contributed by atoms with Crippen molar-refractivity contribution in [1.82, 2.24) is 14.9 Å². The monoisotopic (exact) mass is 466 g/mol. The highest BCUT2D eigenvalue weighted by Crippen LogP contribution is 2.29. The summed E-state index contributed by atoms with van der Waals surface area (Å²) in [5, 5.41) is 7.14. The van der Waals surface area contributed by atoms with Crippen LogP contribution < -0.4 is 15.5 Å². The van der Waals surface area contributed by atoms with E-state index in [1.165, 1.54) is 12.6 Å². The molecule has 3 aromatic carbocycles. The molecule has 0 unspecified atom stereocenters. The quantitative estimate of drug-likeness (QED) is 0.428. The Kier molecular flexibility index (Phi) is 6.33. The molecule has 7 nitrogen and oxygen atoms in total. The predicted molar refractivity (Wildman–Crippen MR) is 143 cm³/mol. The maximum Gasteiger partial charge on any atom is 0.227 e. The fraction of sp³-hybridized carbons (Fsp3) is 0.250. The number of fused-ring (bicyclic) bond motifs is 1. The molecule has 0 spiro atoms. The zero-order chi connectivity index (χ0) is 24.4. The van der Waals surface area contributed by atoms with Crippen molar-refractivity contribution >= 4 is 39.8 Å². The summed E-state index contributed by atoms with van der Waals surface area (Å²) in [5.74, 6) is 0.488. The van der Waals surface area contributed by atoms with E-state index in [9.17, 15) is 4.79 Å². The van der Waals surface area contributed by atoms with E-state index in [2.05, 4.69) is 75.8 Å². The van der Waals surface area contributed by atoms with Crippen LogP contribution in [0.4, 0.5) is 23.0 Å². The summed E-state index contributed by atoms with van der Waals surface area (Å²) in [6.07, 6.45) is 1.85. The van der Waals surface area contributed by atoms with Crippen LogP contribution in [0, 0.1) is 6.92 Å². The Hall–Kier alpha value is -3.97. The first kappa shape index (κ1) is 22.8. The summed E-state index contributed by atoms with van der Waals surface area (Å²) >= 11 is 0. The summed E-state index contributed by atoms with van der Waals surface area (Å²) in [6, 6.07) is 20.6. The second-order valence-corrected chi connectivity index (χ2v) is 9.14. The highest BCUT2D eigenvalue weighted by Gasteiger charge is 2.14. The summed E-state index contributed by atoms with van der Waals surface area (Å²) in [7, 11) is 2.17. The Balaban J connectivity index is 1.33. The van der Waals surface area contributed by atoms with E-state index in [0.29, 0.717) is 5.95 Å². The Morgan fingerprint density at radius 1 is 0.914 bits per heavy atom. The minimum atomic E-state index is -0.0827. The molecule has 7 heteroatoms. The van der Waals surface area contributed by atoms with Gasteiger partial charge in [0.05, 0.1) is 5.52 Å². The lowest BCUT2D eigenvalue weighted by Gasteiger charge is -2.34. The van der Waals surface area contributed by atoms with E-state index in [1.807, 2.05) is 30.5 Å². The number of carbonyl (C=O) groups excluding carboxylic acids is 1. The van der Waals surface area contributed by atoms with Crippen LogP contribution in [0.1, 0.15) is 12.5 Å². The van der Waals surface area contributed by atoms with Crippen molar-refractivity contribution in [3.05, 3.63) is 72.4 Å². The normalized spacial score (nSPS) is 14.2. The van der Waals surface area contributed by atoms with Gasteiger partial charge in [0.2, 0.25) is 11.9 Å². The summed E-state index contributed by atoms with van der Waals surface area (Å²) in [5.41, 5.74) is 7.13. The van der Waals surface area contributed by atoms with E-state index in [0.717, 1.165) is 65.1 Å². The van der Waals surface area contributed by atoms with Gasteiger partial charge >= 0.3 is 0 Å². The van der Waals surface area contributed by atoms with Gasteiger partial charge in [0.1, 0.15) is 0 Å². The maximum atomic E-state index is 11.4. The van der Waals surface area contributed by atoms with Gasteiger partial charge in [-0.25, -0.2) is 9.97 Å². The van der Waals surface area contributed by atoms with E-state index in [1.54, 1.807) is 0 Å². The molecule has 0 bridgehead atoms. The molecule has 1 fully saturated rings. The van der Waals surface area contributed by atoms with Crippen LogP contribution >= 0.6 is 0 Å². The first-order valence-corrected chi connectivity index (χ1v) is 11.9. The van der Waals surface area contributed by atoms with Gasteiger partial charge in [-0.1, -0.05) is 12.1 Å². The van der Waals surface area contributed by atoms with Crippen molar-refractivity contribution in [3.63, 3.8) is 0 Å². The first-order chi connectivity index (χ1) is 16.9. The Morgan fingerprint density at radius 2 is 1.66 bits per heavy atom. The number of hydrogen-bond donors (Lipinski definition) is 2. The molecule has 0 saturated carbocycles. The molecule has 35 heavy (non-hydrogen) atoms. The van der Waals surface area contributed by atoms with E-state index in [4.69, 9.17) is 4.98 Å². The van der Waals surface area contributed by atoms with Crippen molar-refractivity contribution in [2.75, 3.05) is 48.8 Å². The molecule has 0 atom stereocenters. The van der Waals surface area contributed by atoms with Gasteiger partial charge < -0.3 is 20.4 Å². The van der Waals surface area contributed by atoms with Crippen LogP contribution in [0.15, 0.2) is 66.9 Å². The van der Waals surface area contributed by atoms with Gasteiger partial charge in [-0.3, -0.25) is 4.79 Å². The van der Waals surface area contributed by atoms with E-state index < -0.39 is 0 Å². The number of benzene rings is 3. The number of nitrogens with zero attached hydrogens (tertiary/aromatic N) is 4. The Morgan fingerprint density at radius 3 is 2.40 bits per heavy atom. The summed E-state index contributed by atoms with van der Waals surface area (Å²) < 4.78 is 0. The van der Waals surface area contributed by atoms with Crippen LogP contribution in [0.25, 0.3) is 22.0 Å². The van der Waals surface area contributed by atoms with Gasteiger partial charge in [0.25, 0.3) is 0 Å². The zero-order valence-electron chi connectivity index (χ0n) is 20.4. The molecule has 0 radical (unpaired) electrons.